The van der Waals surface area contributed by atoms with Gasteiger partial charge >= 0.3 is 0 Å². The Morgan fingerprint density at radius 1 is 1.30 bits per heavy atom. The number of rotatable bonds is 4. The van der Waals surface area contributed by atoms with E-state index in [0.717, 1.165) is 0 Å². The van der Waals surface area contributed by atoms with Gasteiger partial charge in [0.2, 0.25) is 10.0 Å². The van der Waals surface area contributed by atoms with E-state index in [2.05, 4.69) is 14.7 Å². The summed E-state index contributed by atoms with van der Waals surface area (Å²) in [5.41, 5.74) is -1.71. The predicted molar refractivity (Wildman–Crippen MR) is 76.8 cm³/mol. The molecule has 6 nitrogen and oxygen atoms in total. The van der Waals surface area contributed by atoms with Crippen molar-refractivity contribution in [3.63, 3.8) is 0 Å². The maximum absolute atomic E-state index is 12.5. The Kier molecular flexibility index (Phi) is 3.40. The third-order valence-electron chi connectivity index (χ3n) is 3.62. The van der Waals surface area contributed by atoms with Gasteiger partial charge in [0.15, 0.2) is 0 Å². The standard InChI is InChI=1S/C13H19N3O3S/c1-12(2,13(3,4)17)16-20(18,19)10-8-15-11-9(10)6-5-7-14-11/h5-8,16-17H,1-4H3,(H,14,15). The van der Waals surface area contributed by atoms with Crippen LogP contribution in [0.1, 0.15) is 27.7 Å². The number of hydrogen-bond acceptors (Lipinski definition) is 4. The van der Waals surface area contributed by atoms with Crippen LogP contribution in [-0.2, 0) is 10.0 Å². The average molecular weight is 297 g/mol. The normalized spacial score (nSPS) is 13.8. The summed E-state index contributed by atoms with van der Waals surface area (Å²) in [6, 6.07) is 3.36. The fourth-order valence-electron chi connectivity index (χ4n) is 1.67. The Morgan fingerprint density at radius 3 is 2.55 bits per heavy atom. The fourth-order valence-corrected chi connectivity index (χ4v) is 3.37. The molecule has 0 spiro atoms. The number of pyridine rings is 1. The second-order valence-corrected chi connectivity index (χ2v) is 7.49. The van der Waals surface area contributed by atoms with Gasteiger partial charge in [0.1, 0.15) is 10.5 Å². The maximum atomic E-state index is 12.5. The molecule has 0 aliphatic heterocycles. The van der Waals surface area contributed by atoms with E-state index in [1.165, 1.54) is 6.20 Å². The summed E-state index contributed by atoms with van der Waals surface area (Å²) in [5, 5.41) is 10.6. The SMILES string of the molecule is CC(C)(O)C(C)(C)NS(=O)(=O)c1c[nH]c2ncccc12. The largest absolute Gasteiger partial charge is 0.389 e. The zero-order valence-corrected chi connectivity index (χ0v) is 12.7. The van der Waals surface area contributed by atoms with Crippen LogP contribution in [0.5, 0.6) is 0 Å². The molecule has 0 amide bonds. The molecular formula is C13H19N3O3S. The molecule has 3 N–H and O–H groups in total. The molecule has 0 bridgehead atoms. The molecule has 2 aromatic rings. The van der Waals surface area contributed by atoms with Crippen molar-refractivity contribution in [2.75, 3.05) is 0 Å². The highest BCUT2D eigenvalue weighted by Crippen LogP contribution is 2.26. The van der Waals surface area contributed by atoms with Crippen LogP contribution in [0, 0.1) is 0 Å². The minimum Gasteiger partial charge on any atom is -0.389 e. The number of aromatic amines is 1. The number of aromatic nitrogens is 2. The van der Waals surface area contributed by atoms with E-state index < -0.39 is 21.2 Å². The fraction of sp³-hybridized carbons (Fsp3) is 0.462. The summed E-state index contributed by atoms with van der Waals surface area (Å²) in [6.45, 7) is 6.40. The van der Waals surface area contributed by atoms with E-state index in [9.17, 15) is 13.5 Å². The van der Waals surface area contributed by atoms with E-state index in [4.69, 9.17) is 0 Å². The van der Waals surface area contributed by atoms with Gasteiger partial charge in [0.05, 0.1) is 11.1 Å². The highest BCUT2D eigenvalue weighted by atomic mass is 32.2. The van der Waals surface area contributed by atoms with Gasteiger partial charge < -0.3 is 10.1 Å². The Morgan fingerprint density at radius 2 is 1.95 bits per heavy atom. The lowest BCUT2D eigenvalue weighted by Crippen LogP contribution is -2.57. The summed E-state index contributed by atoms with van der Waals surface area (Å²) >= 11 is 0. The van der Waals surface area contributed by atoms with Crippen molar-refractivity contribution < 1.29 is 13.5 Å². The van der Waals surface area contributed by atoms with Gasteiger partial charge in [0, 0.05) is 17.8 Å². The molecule has 0 aliphatic rings. The van der Waals surface area contributed by atoms with Gasteiger partial charge in [-0.1, -0.05) is 0 Å². The number of fused-ring (bicyclic) bond motifs is 1. The maximum Gasteiger partial charge on any atom is 0.243 e. The van der Waals surface area contributed by atoms with Crippen LogP contribution >= 0.6 is 0 Å². The quantitative estimate of drug-likeness (QED) is 0.794. The molecule has 0 aromatic carbocycles. The van der Waals surface area contributed by atoms with E-state index >= 15 is 0 Å². The minimum absolute atomic E-state index is 0.123. The highest BCUT2D eigenvalue weighted by molar-refractivity contribution is 7.89. The lowest BCUT2D eigenvalue weighted by atomic mass is 9.87. The van der Waals surface area contributed by atoms with Crippen molar-refractivity contribution in [3.8, 4) is 0 Å². The van der Waals surface area contributed by atoms with Gasteiger partial charge in [0.25, 0.3) is 0 Å². The zero-order valence-electron chi connectivity index (χ0n) is 11.9. The van der Waals surface area contributed by atoms with Crippen molar-refractivity contribution in [1.29, 1.82) is 0 Å². The topological polar surface area (TPSA) is 95.1 Å². The Balaban J connectivity index is 2.47. The second kappa shape index (κ2) is 4.54. The summed E-state index contributed by atoms with van der Waals surface area (Å²) < 4.78 is 27.5. The van der Waals surface area contributed by atoms with Crippen molar-refractivity contribution >= 4 is 21.1 Å². The van der Waals surface area contributed by atoms with Crippen LogP contribution in [-0.4, -0.2) is 34.6 Å². The van der Waals surface area contributed by atoms with Crippen molar-refractivity contribution in [2.45, 2.75) is 43.7 Å². The molecule has 0 aliphatic carbocycles. The molecule has 0 radical (unpaired) electrons. The molecule has 0 fully saturated rings. The number of nitrogens with zero attached hydrogens (tertiary/aromatic N) is 1. The molecule has 110 valence electrons. The van der Waals surface area contributed by atoms with Crippen molar-refractivity contribution in [1.82, 2.24) is 14.7 Å². The van der Waals surface area contributed by atoms with Crippen LogP contribution in [0.25, 0.3) is 11.0 Å². The number of sulfonamides is 1. The molecule has 0 atom stereocenters. The zero-order chi connectivity index (χ0) is 15.2. The van der Waals surface area contributed by atoms with Gasteiger partial charge in [-0.15, -0.1) is 0 Å². The molecular weight excluding hydrogens is 278 g/mol. The van der Waals surface area contributed by atoms with Gasteiger partial charge in [-0.25, -0.2) is 18.1 Å². The first kappa shape index (κ1) is 15.0. The second-order valence-electron chi connectivity index (χ2n) is 5.84. The van der Waals surface area contributed by atoms with Crippen LogP contribution in [0.4, 0.5) is 0 Å². The van der Waals surface area contributed by atoms with Crippen LogP contribution < -0.4 is 4.72 Å². The summed E-state index contributed by atoms with van der Waals surface area (Å²) in [5.74, 6) is 0. The van der Waals surface area contributed by atoms with Gasteiger partial charge in [-0.2, -0.15) is 0 Å². The van der Waals surface area contributed by atoms with Crippen LogP contribution in [0.2, 0.25) is 0 Å². The summed E-state index contributed by atoms with van der Waals surface area (Å²) in [7, 11) is -3.77. The molecule has 7 heteroatoms. The first-order valence-electron chi connectivity index (χ1n) is 6.23. The highest BCUT2D eigenvalue weighted by Gasteiger charge is 2.39. The number of nitrogens with one attached hydrogen (secondary N) is 2. The van der Waals surface area contributed by atoms with Gasteiger partial charge in [-0.05, 0) is 39.8 Å². The molecule has 0 saturated carbocycles. The summed E-state index contributed by atoms with van der Waals surface area (Å²) in [6.07, 6.45) is 2.99. The van der Waals surface area contributed by atoms with Crippen molar-refractivity contribution in [2.24, 2.45) is 0 Å². The molecule has 20 heavy (non-hydrogen) atoms. The third-order valence-corrected chi connectivity index (χ3v) is 5.32. The molecule has 2 rings (SSSR count). The molecule has 2 heterocycles. The molecule has 0 saturated heterocycles. The predicted octanol–water partition coefficient (Wildman–Crippen LogP) is 1.39. The lowest BCUT2D eigenvalue weighted by Gasteiger charge is -2.37. The molecule has 2 aromatic heterocycles. The van der Waals surface area contributed by atoms with E-state index in [0.29, 0.717) is 11.0 Å². The Bertz CT molecular complexity index is 727. The van der Waals surface area contributed by atoms with Crippen LogP contribution in [0.3, 0.4) is 0 Å². The number of hydrogen-bond donors (Lipinski definition) is 3. The van der Waals surface area contributed by atoms with E-state index in [1.54, 1.807) is 46.0 Å². The van der Waals surface area contributed by atoms with Crippen LogP contribution in [0.15, 0.2) is 29.4 Å². The lowest BCUT2D eigenvalue weighted by molar-refractivity contribution is 0.00639. The Labute approximate surface area is 118 Å². The van der Waals surface area contributed by atoms with Gasteiger partial charge in [-0.3, -0.25) is 0 Å². The average Bonchev–Trinajstić information content (AvgIpc) is 2.70. The summed E-state index contributed by atoms with van der Waals surface area (Å²) in [4.78, 5) is 7.01. The third kappa shape index (κ3) is 2.56. The van der Waals surface area contributed by atoms with Crippen molar-refractivity contribution in [3.05, 3.63) is 24.5 Å². The number of H-pyrrole nitrogens is 1. The van der Waals surface area contributed by atoms with E-state index in [-0.39, 0.29) is 4.90 Å². The monoisotopic (exact) mass is 297 g/mol. The number of aliphatic hydroxyl groups is 1. The first-order valence-corrected chi connectivity index (χ1v) is 7.71. The Hall–Kier alpha value is -1.44. The minimum atomic E-state index is -3.77. The first-order chi connectivity index (χ1) is 9.05. The molecule has 0 unspecified atom stereocenters. The van der Waals surface area contributed by atoms with E-state index in [1.807, 2.05) is 0 Å². The smallest absolute Gasteiger partial charge is 0.243 e.